The Labute approximate surface area is 193 Å². The summed E-state index contributed by atoms with van der Waals surface area (Å²) in [5, 5.41) is 3.32. The molecule has 1 amide bonds. The highest BCUT2D eigenvalue weighted by molar-refractivity contribution is 5.95. The van der Waals surface area contributed by atoms with Crippen molar-refractivity contribution in [2.24, 2.45) is 0 Å². The molecule has 1 N–H and O–H groups in total. The van der Waals surface area contributed by atoms with Crippen molar-refractivity contribution in [2.75, 3.05) is 7.05 Å². The predicted molar refractivity (Wildman–Crippen MR) is 123 cm³/mol. The average molecular weight is 455 g/mol. The lowest BCUT2D eigenvalue weighted by atomic mass is 9.91. The summed E-state index contributed by atoms with van der Waals surface area (Å²) in [6.07, 6.45) is 8.84. The number of halogens is 2. The molecule has 1 aliphatic carbocycles. The number of benzene rings is 2. The van der Waals surface area contributed by atoms with Crippen LogP contribution in [-0.2, 0) is 5.41 Å². The fourth-order valence-corrected chi connectivity index (χ4v) is 4.65. The maximum absolute atomic E-state index is 14.6. The molecule has 1 fully saturated rings. The molecule has 1 saturated carbocycles. The number of carbonyl (C=O) groups is 1. The van der Waals surface area contributed by atoms with E-state index >= 15 is 0 Å². The van der Waals surface area contributed by atoms with Gasteiger partial charge in [0.15, 0.2) is 0 Å². The Hall–Kier alpha value is -4.20. The predicted octanol–water partition coefficient (Wildman–Crippen LogP) is 4.66. The van der Waals surface area contributed by atoms with Crippen molar-refractivity contribution in [3.8, 4) is 11.1 Å². The van der Waals surface area contributed by atoms with Gasteiger partial charge in [0.05, 0.1) is 17.4 Å². The Kier molecular flexibility index (Phi) is 4.45. The summed E-state index contributed by atoms with van der Waals surface area (Å²) in [5.74, 6) is -2.16. The Bertz CT molecular complexity index is 1580. The minimum absolute atomic E-state index is 0.205. The maximum Gasteiger partial charge on any atom is 0.256 e. The molecule has 0 unspecified atom stereocenters. The number of pyridine rings is 1. The SMILES string of the molecule is CNC(=O)c1c(F)cc(-c2cnc3ncc(C4(c5ccc6ncccc6c5)CC4)n3c2)cc1F. The highest BCUT2D eigenvalue weighted by Gasteiger charge is 2.48. The molecule has 8 heteroatoms. The van der Waals surface area contributed by atoms with Gasteiger partial charge in [-0.1, -0.05) is 12.1 Å². The topological polar surface area (TPSA) is 72.2 Å². The fourth-order valence-electron chi connectivity index (χ4n) is 4.65. The molecular formula is C26H19F2N5O. The zero-order valence-corrected chi connectivity index (χ0v) is 18.2. The number of imidazole rings is 1. The molecule has 34 heavy (non-hydrogen) atoms. The molecule has 5 aromatic rings. The molecule has 1 aliphatic rings. The van der Waals surface area contributed by atoms with Crippen LogP contribution in [0.25, 0.3) is 27.8 Å². The number of nitrogens with one attached hydrogen (secondary N) is 1. The van der Waals surface area contributed by atoms with Crippen LogP contribution < -0.4 is 5.32 Å². The van der Waals surface area contributed by atoms with Crippen LogP contribution >= 0.6 is 0 Å². The number of hydrogen-bond acceptors (Lipinski definition) is 4. The Balaban J connectivity index is 1.46. The van der Waals surface area contributed by atoms with E-state index in [0.29, 0.717) is 16.9 Å². The van der Waals surface area contributed by atoms with Gasteiger partial charge in [-0.3, -0.25) is 14.2 Å². The van der Waals surface area contributed by atoms with Gasteiger partial charge < -0.3 is 5.32 Å². The summed E-state index contributed by atoms with van der Waals surface area (Å²) >= 11 is 0. The number of nitrogens with zero attached hydrogens (tertiary/aromatic N) is 4. The highest BCUT2D eigenvalue weighted by atomic mass is 19.1. The molecule has 0 bridgehead atoms. The minimum Gasteiger partial charge on any atom is -0.355 e. The van der Waals surface area contributed by atoms with E-state index in [1.165, 1.54) is 18.8 Å². The summed E-state index contributed by atoms with van der Waals surface area (Å²) in [5.41, 5.74) is 3.09. The second-order valence-corrected chi connectivity index (χ2v) is 8.54. The Morgan fingerprint density at radius 2 is 1.76 bits per heavy atom. The Morgan fingerprint density at radius 1 is 1.00 bits per heavy atom. The second kappa shape index (κ2) is 7.41. The lowest BCUT2D eigenvalue weighted by Gasteiger charge is -2.17. The molecule has 0 radical (unpaired) electrons. The van der Waals surface area contributed by atoms with E-state index in [0.717, 1.165) is 41.6 Å². The molecule has 6 rings (SSSR count). The second-order valence-electron chi connectivity index (χ2n) is 8.54. The van der Waals surface area contributed by atoms with Crippen LogP contribution in [0.1, 0.15) is 34.5 Å². The molecule has 0 saturated heterocycles. The molecular weight excluding hydrogens is 436 g/mol. The third-order valence-electron chi connectivity index (χ3n) is 6.59. The zero-order valence-electron chi connectivity index (χ0n) is 18.2. The molecule has 168 valence electrons. The van der Waals surface area contributed by atoms with Crippen molar-refractivity contribution in [1.82, 2.24) is 24.7 Å². The summed E-state index contributed by atoms with van der Waals surface area (Å²) in [6.45, 7) is 0. The van der Waals surface area contributed by atoms with Gasteiger partial charge in [-0.15, -0.1) is 0 Å². The summed E-state index contributed by atoms with van der Waals surface area (Å²) in [6, 6.07) is 12.5. The zero-order chi connectivity index (χ0) is 23.4. The van der Waals surface area contributed by atoms with Crippen LogP contribution in [0.4, 0.5) is 8.78 Å². The van der Waals surface area contributed by atoms with E-state index in [1.54, 1.807) is 12.4 Å². The normalized spacial score (nSPS) is 14.4. The van der Waals surface area contributed by atoms with Gasteiger partial charge in [0.2, 0.25) is 5.78 Å². The third-order valence-corrected chi connectivity index (χ3v) is 6.59. The van der Waals surface area contributed by atoms with E-state index in [1.807, 2.05) is 28.8 Å². The van der Waals surface area contributed by atoms with E-state index in [9.17, 15) is 13.6 Å². The minimum atomic E-state index is -0.927. The van der Waals surface area contributed by atoms with Gasteiger partial charge in [0, 0.05) is 42.0 Å². The largest absolute Gasteiger partial charge is 0.355 e. The first kappa shape index (κ1) is 20.4. The van der Waals surface area contributed by atoms with Crippen LogP contribution in [0, 0.1) is 11.6 Å². The smallest absolute Gasteiger partial charge is 0.256 e. The van der Waals surface area contributed by atoms with Crippen molar-refractivity contribution in [3.05, 3.63) is 95.7 Å². The van der Waals surface area contributed by atoms with Crippen LogP contribution in [-0.4, -0.2) is 32.3 Å². The molecule has 0 aliphatic heterocycles. The van der Waals surface area contributed by atoms with Gasteiger partial charge in [-0.25, -0.2) is 18.7 Å². The standard InChI is InChI=1S/C26H19F2N5O/c1-29-24(34)23-19(27)10-16(11-20(23)28)17-12-31-25-32-13-22(33(25)14-17)26(6-7-26)18-4-5-21-15(9-18)3-2-8-30-21/h2-5,8-14H,6-7H2,1H3,(H,29,34). The number of aromatic nitrogens is 4. The molecule has 6 nitrogen and oxygen atoms in total. The quantitative estimate of drug-likeness (QED) is 0.428. The first-order valence-electron chi connectivity index (χ1n) is 10.9. The Morgan fingerprint density at radius 3 is 2.50 bits per heavy atom. The van der Waals surface area contributed by atoms with Crippen LogP contribution in [0.5, 0.6) is 0 Å². The summed E-state index contributed by atoms with van der Waals surface area (Å²) in [4.78, 5) is 25.1. The van der Waals surface area contributed by atoms with Crippen LogP contribution in [0.2, 0.25) is 0 Å². The lowest BCUT2D eigenvalue weighted by Crippen LogP contribution is -2.21. The molecule has 3 aromatic heterocycles. The number of fused-ring (bicyclic) bond motifs is 2. The molecule has 0 spiro atoms. The van der Waals surface area contributed by atoms with E-state index in [-0.39, 0.29) is 5.41 Å². The van der Waals surface area contributed by atoms with Crippen molar-refractivity contribution < 1.29 is 13.6 Å². The summed E-state index contributed by atoms with van der Waals surface area (Å²) in [7, 11) is 1.33. The van der Waals surface area contributed by atoms with Crippen LogP contribution in [0.3, 0.4) is 0 Å². The van der Waals surface area contributed by atoms with Crippen molar-refractivity contribution >= 4 is 22.6 Å². The number of carbonyl (C=O) groups excluding carboxylic acids is 1. The van der Waals surface area contributed by atoms with Gasteiger partial charge in [0.1, 0.15) is 17.2 Å². The van der Waals surface area contributed by atoms with Gasteiger partial charge in [0.25, 0.3) is 5.91 Å². The van der Waals surface area contributed by atoms with Gasteiger partial charge in [-0.05, 0) is 54.3 Å². The number of amides is 1. The van der Waals surface area contributed by atoms with E-state index in [4.69, 9.17) is 0 Å². The van der Waals surface area contributed by atoms with Crippen molar-refractivity contribution in [1.29, 1.82) is 0 Å². The number of hydrogen-bond donors (Lipinski definition) is 1. The maximum atomic E-state index is 14.6. The number of rotatable bonds is 4. The highest BCUT2D eigenvalue weighted by Crippen LogP contribution is 2.53. The van der Waals surface area contributed by atoms with Crippen molar-refractivity contribution in [3.63, 3.8) is 0 Å². The molecule has 2 aromatic carbocycles. The molecule has 3 heterocycles. The average Bonchev–Trinajstić information content (AvgIpc) is 3.55. The third kappa shape index (κ3) is 3.06. The van der Waals surface area contributed by atoms with Gasteiger partial charge >= 0.3 is 0 Å². The fraction of sp³-hybridized carbons (Fsp3) is 0.154. The molecule has 0 atom stereocenters. The van der Waals surface area contributed by atoms with E-state index in [2.05, 4.69) is 32.4 Å². The summed E-state index contributed by atoms with van der Waals surface area (Å²) < 4.78 is 31.0. The first-order chi connectivity index (χ1) is 16.5. The van der Waals surface area contributed by atoms with E-state index < -0.39 is 23.1 Å². The van der Waals surface area contributed by atoms with Crippen molar-refractivity contribution in [2.45, 2.75) is 18.3 Å². The lowest BCUT2D eigenvalue weighted by molar-refractivity contribution is 0.0955. The monoisotopic (exact) mass is 455 g/mol. The van der Waals surface area contributed by atoms with Crippen LogP contribution in [0.15, 0.2) is 67.3 Å². The van der Waals surface area contributed by atoms with Gasteiger partial charge in [-0.2, -0.15) is 0 Å². The first-order valence-corrected chi connectivity index (χ1v) is 10.9.